The molecule has 9 heteroatoms. The molecule has 0 bridgehead atoms. The smallest absolute Gasteiger partial charge is 0.283 e. The topological polar surface area (TPSA) is 110 Å². The van der Waals surface area contributed by atoms with E-state index in [1.165, 1.54) is 16.8 Å². The minimum Gasteiger partial charge on any atom is -0.326 e. The van der Waals surface area contributed by atoms with Crippen LogP contribution in [0.5, 0.6) is 0 Å². The molecule has 2 amide bonds. The second-order valence-electron chi connectivity index (χ2n) is 7.00. The molecule has 0 atom stereocenters. The van der Waals surface area contributed by atoms with Crippen molar-refractivity contribution in [2.45, 2.75) is 42.9 Å². The number of benzene rings is 1. The molecule has 1 aromatic heterocycles. The van der Waals surface area contributed by atoms with Crippen molar-refractivity contribution in [3.8, 4) is 0 Å². The Morgan fingerprint density at radius 2 is 2.07 bits per heavy atom. The molecule has 2 heterocycles. The largest absolute Gasteiger partial charge is 0.326 e. The average Bonchev–Trinajstić information content (AvgIpc) is 3.39. The fourth-order valence-corrected chi connectivity index (χ4v) is 4.38. The Labute approximate surface area is 157 Å². The second kappa shape index (κ2) is 6.49. The summed E-state index contributed by atoms with van der Waals surface area (Å²) in [5.41, 5.74) is 2.43. The van der Waals surface area contributed by atoms with E-state index in [-0.39, 0.29) is 22.4 Å². The summed E-state index contributed by atoms with van der Waals surface area (Å²) in [7, 11) is -2.41. The first-order valence-electron chi connectivity index (χ1n) is 8.87. The van der Waals surface area contributed by atoms with Crippen molar-refractivity contribution in [1.82, 2.24) is 14.5 Å². The lowest BCUT2D eigenvalue weighted by molar-refractivity contribution is -0.116. The molecule has 0 unspecified atom stereocenters. The number of hydrogen-bond acceptors (Lipinski definition) is 5. The van der Waals surface area contributed by atoms with Gasteiger partial charge in [-0.05, 0) is 55.4 Å². The van der Waals surface area contributed by atoms with E-state index in [0.29, 0.717) is 24.9 Å². The summed E-state index contributed by atoms with van der Waals surface area (Å²) in [4.78, 5) is 24.3. The molecule has 2 N–H and O–H groups in total. The van der Waals surface area contributed by atoms with Crippen LogP contribution in [0.4, 0.5) is 5.69 Å². The van der Waals surface area contributed by atoms with E-state index in [9.17, 15) is 18.0 Å². The molecule has 4 rings (SSSR count). The third kappa shape index (κ3) is 3.46. The number of aromatic nitrogens is 2. The number of amides is 2. The van der Waals surface area contributed by atoms with Gasteiger partial charge < -0.3 is 5.32 Å². The molecule has 0 radical (unpaired) electrons. The molecule has 1 aliphatic carbocycles. The number of anilines is 1. The molecule has 0 spiro atoms. The third-order valence-corrected chi connectivity index (χ3v) is 6.27. The SMILES string of the molecule is Cn1ncc(C2CC2)c1C(=O)NS(=O)(=O)c1ccc2c(c1)CCCC(=O)N2. The lowest BCUT2D eigenvalue weighted by Gasteiger charge is -2.12. The van der Waals surface area contributed by atoms with Crippen LogP contribution < -0.4 is 10.0 Å². The Kier molecular flexibility index (Phi) is 4.26. The monoisotopic (exact) mass is 388 g/mol. The average molecular weight is 388 g/mol. The predicted molar refractivity (Wildman–Crippen MR) is 97.8 cm³/mol. The molecular weight excluding hydrogens is 368 g/mol. The first-order chi connectivity index (χ1) is 12.8. The van der Waals surface area contributed by atoms with Gasteiger partial charge in [-0.25, -0.2) is 13.1 Å². The van der Waals surface area contributed by atoms with Gasteiger partial charge in [0.05, 0.1) is 11.1 Å². The molecule has 1 saturated carbocycles. The van der Waals surface area contributed by atoms with E-state index in [1.807, 2.05) is 0 Å². The Bertz CT molecular complexity index is 1040. The summed E-state index contributed by atoms with van der Waals surface area (Å²) in [6.45, 7) is 0. The van der Waals surface area contributed by atoms with Crippen LogP contribution in [0.1, 0.15) is 53.2 Å². The van der Waals surface area contributed by atoms with Gasteiger partial charge in [-0.3, -0.25) is 14.3 Å². The van der Waals surface area contributed by atoms with E-state index < -0.39 is 15.9 Å². The van der Waals surface area contributed by atoms with Crippen molar-refractivity contribution in [3.63, 3.8) is 0 Å². The maximum absolute atomic E-state index is 12.7. The van der Waals surface area contributed by atoms with Gasteiger partial charge in [-0.15, -0.1) is 0 Å². The van der Waals surface area contributed by atoms with Gasteiger partial charge >= 0.3 is 0 Å². The Morgan fingerprint density at radius 1 is 1.30 bits per heavy atom. The number of carbonyl (C=O) groups is 2. The fraction of sp³-hybridized carbons (Fsp3) is 0.389. The Balaban J connectivity index is 1.61. The fourth-order valence-electron chi connectivity index (χ4n) is 3.37. The minimum atomic E-state index is -4.04. The molecule has 27 heavy (non-hydrogen) atoms. The highest BCUT2D eigenvalue weighted by molar-refractivity contribution is 7.90. The van der Waals surface area contributed by atoms with Crippen LogP contribution in [0.15, 0.2) is 29.3 Å². The van der Waals surface area contributed by atoms with Gasteiger partial charge in [0.25, 0.3) is 15.9 Å². The van der Waals surface area contributed by atoms with Crippen molar-refractivity contribution >= 4 is 27.5 Å². The zero-order valence-electron chi connectivity index (χ0n) is 14.9. The number of nitrogens with one attached hydrogen (secondary N) is 2. The van der Waals surface area contributed by atoms with Gasteiger partial charge in [-0.1, -0.05) is 0 Å². The first kappa shape index (κ1) is 17.7. The van der Waals surface area contributed by atoms with Crippen molar-refractivity contribution in [1.29, 1.82) is 0 Å². The lowest BCUT2D eigenvalue weighted by Crippen LogP contribution is -2.32. The van der Waals surface area contributed by atoms with Gasteiger partial charge in [0, 0.05) is 24.7 Å². The first-order valence-corrected chi connectivity index (χ1v) is 10.4. The van der Waals surface area contributed by atoms with Crippen LogP contribution in [0.3, 0.4) is 0 Å². The number of fused-ring (bicyclic) bond motifs is 1. The summed E-state index contributed by atoms with van der Waals surface area (Å²) in [5, 5.41) is 6.86. The second-order valence-corrected chi connectivity index (χ2v) is 8.68. The maximum Gasteiger partial charge on any atom is 0.283 e. The molecule has 2 aliphatic rings. The van der Waals surface area contributed by atoms with Crippen molar-refractivity contribution in [3.05, 3.63) is 41.2 Å². The van der Waals surface area contributed by atoms with Gasteiger partial charge in [-0.2, -0.15) is 5.10 Å². The normalized spacial score (nSPS) is 17.0. The molecule has 1 aliphatic heterocycles. The van der Waals surface area contributed by atoms with Crippen LogP contribution >= 0.6 is 0 Å². The van der Waals surface area contributed by atoms with E-state index in [4.69, 9.17) is 0 Å². The number of hydrogen-bond donors (Lipinski definition) is 2. The van der Waals surface area contributed by atoms with Gasteiger partial charge in [0.2, 0.25) is 5.91 Å². The molecule has 2 aromatic rings. The van der Waals surface area contributed by atoms with E-state index >= 15 is 0 Å². The van der Waals surface area contributed by atoms with E-state index in [0.717, 1.165) is 24.0 Å². The molecule has 1 fully saturated rings. The number of aryl methyl sites for hydroxylation is 2. The quantitative estimate of drug-likeness (QED) is 0.828. The minimum absolute atomic E-state index is 0.000823. The molecule has 1 aromatic carbocycles. The predicted octanol–water partition coefficient (Wildman–Crippen LogP) is 1.69. The highest BCUT2D eigenvalue weighted by Gasteiger charge is 2.32. The summed E-state index contributed by atoms with van der Waals surface area (Å²) in [6.07, 6.45) is 5.24. The molecule has 0 saturated heterocycles. The highest BCUT2D eigenvalue weighted by atomic mass is 32.2. The van der Waals surface area contributed by atoms with Gasteiger partial charge in [0.1, 0.15) is 5.69 Å². The Morgan fingerprint density at radius 3 is 2.81 bits per heavy atom. The third-order valence-electron chi connectivity index (χ3n) is 4.94. The van der Waals surface area contributed by atoms with E-state index in [1.54, 1.807) is 19.3 Å². The number of carbonyl (C=O) groups excluding carboxylic acids is 2. The lowest BCUT2D eigenvalue weighted by atomic mass is 10.1. The maximum atomic E-state index is 12.7. The van der Waals surface area contributed by atoms with Gasteiger partial charge in [0.15, 0.2) is 0 Å². The zero-order valence-corrected chi connectivity index (χ0v) is 15.7. The summed E-state index contributed by atoms with van der Waals surface area (Å²) < 4.78 is 29.0. The highest BCUT2D eigenvalue weighted by Crippen LogP contribution is 2.41. The van der Waals surface area contributed by atoms with E-state index in [2.05, 4.69) is 15.1 Å². The number of nitrogens with zero attached hydrogens (tertiary/aromatic N) is 2. The zero-order chi connectivity index (χ0) is 19.2. The summed E-state index contributed by atoms with van der Waals surface area (Å²) in [5.74, 6) is -0.486. The number of sulfonamides is 1. The van der Waals surface area contributed by atoms with Crippen molar-refractivity contribution in [2.75, 3.05) is 5.32 Å². The molecule has 142 valence electrons. The van der Waals surface area contributed by atoms with Crippen LogP contribution in [-0.4, -0.2) is 30.0 Å². The molecule has 8 nitrogen and oxygen atoms in total. The Hall–Kier alpha value is -2.68. The van der Waals surface area contributed by atoms with Crippen molar-refractivity contribution in [2.24, 2.45) is 7.05 Å². The van der Waals surface area contributed by atoms with Crippen LogP contribution in [-0.2, 0) is 28.3 Å². The molecular formula is C18H20N4O4S. The van der Waals surface area contributed by atoms with Crippen molar-refractivity contribution < 1.29 is 18.0 Å². The van der Waals surface area contributed by atoms with Crippen LogP contribution in [0, 0.1) is 0 Å². The van der Waals surface area contributed by atoms with Crippen LogP contribution in [0.25, 0.3) is 0 Å². The number of rotatable bonds is 4. The standard InChI is InChI=1S/C18H20N4O4S/c1-22-17(14(10-19-22)11-5-6-11)18(24)21-27(25,26)13-7-8-15-12(9-13)3-2-4-16(23)20-15/h7-11H,2-6H2,1H3,(H,20,23)(H,21,24). The summed E-state index contributed by atoms with van der Waals surface area (Å²) in [6, 6.07) is 4.48. The van der Waals surface area contributed by atoms with Crippen LogP contribution in [0.2, 0.25) is 0 Å². The summed E-state index contributed by atoms with van der Waals surface area (Å²) >= 11 is 0.